The summed E-state index contributed by atoms with van der Waals surface area (Å²) >= 11 is 0. The quantitative estimate of drug-likeness (QED) is 0.820. The van der Waals surface area contributed by atoms with Crippen molar-refractivity contribution < 1.29 is 8.42 Å². The zero-order valence-electron chi connectivity index (χ0n) is 12.4. The highest BCUT2D eigenvalue weighted by Gasteiger charge is 2.28. The number of benzene rings is 1. The van der Waals surface area contributed by atoms with Gasteiger partial charge in [-0.15, -0.1) is 0 Å². The number of hydrogen-bond donors (Lipinski definition) is 1. The van der Waals surface area contributed by atoms with Gasteiger partial charge in [0, 0.05) is 13.1 Å². The Morgan fingerprint density at radius 3 is 2.43 bits per heavy atom. The standard InChI is InChI=1S/C16H22N2O2S/c1-16(8-2-3-9-16)13-18-10-11-21(19,20)15-6-4-14(12-17)5-7-15/h4-7,18H,2-3,8-11,13H2,1H3. The van der Waals surface area contributed by atoms with E-state index < -0.39 is 9.84 Å². The second-order valence-electron chi connectivity index (χ2n) is 6.15. The molecule has 0 unspecified atom stereocenters. The number of nitrogens with one attached hydrogen (secondary N) is 1. The molecule has 0 saturated heterocycles. The summed E-state index contributed by atoms with van der Waals surface area (Å²) in [6.45, 7) is 3.62. The van der Waals surface area contributed by atoms with Crippen molar-refractivity contribution in [2.45, 2.75) is 37.5 Å². The van der Waals surface area contributed by atoms with Gasteiger partial charge in [0.1, 0.15) is 0 Å². The molecule has 0 aliphatic heterocycles. The van der Waals surface area contributed by atoms with E-state index in [-0.39, 0.29) is 10.6 Å². The molecule has 0 radical (unpaired) electrons. The molecule has 0 spiro atoms. The fourth-order valence-corrected chi connectivity index (χ4v) is 4.06. The third-order valence-corrected chi connectivity index (χ3v) is 5.98. The molecule has 0 aromatic heterocycles. The van der Waals surface area contributed by atoms with Crippen LogP contribution < -0.4 is 5.32 Å². The zero-order valence-corrected chi connectivity index (χ0v) is 13.2. The van der Waals surface area contributed by atoms with Gasteiger partial charge in [-0.3, -0.25) is 0 Å². The van der Waals surface area contributed by atoms with Crippen LogP contribution in [0.15, 0.2) is 29.2 Å². The van der Waals surface area contributed by atoms with Gasteiger partial charge < -0.3 is 5.32 Å². The van der Waals surface area contributed by atoms with Crippen molar-refractivity contribution in [3.63, 3.8) is 0 Å². The maximum absolute atomic E-state index is 12.2. The summed E-state index contributed by atoms with van der Waals surface area (Å²) in [7, 11) is -3.27. The maximum atomic E-state index is 12.2. The Morgan fingerprint density at radius 1 is 1.24 bits per heavy atom. The van der Waals surface area contributed by atoms with Crippen molar-refractivity contribution in [1.82, 2.24) is 5.32 Å². The van der Waals surface area contributed by atoms with E-state index in [1.807, 2.05) is 6.07 Å². The lowest BCUT2D eigenvalue weighted by Gasteiger charge is -2.23. The molecule has 1 fully saturated rings. The monoisotopic (exact) mass is 306 g/mol. The molecule has 0 bridgehead atoms. The van der Waals surface area contributed by atoms with Crippen LogP contribution in [0, 0.1) is 16.7 Å². The Morgan fingerprint density at radius 2 is 1.86 bits per heavy atom. The van der Waals surface area contributed by atoms with E-state index in [2.05, 4.69) is 12.2 Å². The van der Waals surface area contributed by atoms with E-state index in [0.29, 0.717) is 17.5 Å². The second kappa shape index (κ2) is 6.59. The topological polar surface area (TPSA) is 70.0 Å². The van der Waals surface area contributed by atoms with Gasteiger partial charge in [-0.1, -0.05) is 19.8 Å². The van der Waals surface area contributed by atoms with Crippen molar-refractivity contribution in [1.29, 1.82) is 5.26 Å². The fraction of sp³-hybridized carbons (Fsp3) is 0.562. The molecule has 5 heteroatoms. The molecule has 21 heavy (non-hydrogen) atoms. The van der Waals surface area contributed by atoms with Gasteiger partial charge >= 0.3 is 0 Å². The first-order valence-corrected chi connectivity index (χ1v) is 9.04. The van der Waals surface area contributed by atoms with Crippen LogP contribution in [0.25, 0.3) is 0 Å². The molecule has 4 nitrogen and oxygen atoms in total. The van der Waals surface area contributed by atoms with Gasteiger partial charge in [0.2, 0.25) is 0 Å². The van der Waals surface area contributed by atoms with Gasteiger partial charge in [-0.2, -0.15) is 5.26 Å². The van der Waals surface area contributed by atoms with E-state index in [9.17, 15) is 8.42 Å². The Balaban J connectivity index is 1.85. The number of nitrogens with zero attached hydrogens (tertiary/aromatic N) is 1. The molecule has 1 aromatic carbocycles. The van der Waals surface area contributed by atoms with Gasteiger partial charge in [0.05, 0.1) is 22.3 Å². The molecule has 0 amide bonds. The van der Waals surface area contributed by atoms with Crippen LogP contribution in [-0.4, -0.2) is 27.3 Å². The lowest BCUT2D eigenvalue weighted by atomic mass is 9.89. The Hall–Kier alpha value is -1.38. The van der Waals surface area contributed by atoms with Crippen LogP contribution >= 0.6 is 0 Å². The predicted octanol–water partition coefficient (Wildman–Crippen LogP) is 2.50. The number of rotatable bonds is 6. The largest absolute Gasteiger partial charge is 0.315 e. The molecule has 1 aliphatic carbocycles. The summed E-state index contributed by atoms with van der Waals surface area (Å²) in [5, 5.41) is 12.0. The summed E-state index contributed by atoms with van der Waals surface area (Å²) in [5.41, 5.74) is 0.805. The smallest absolute Gasteiger partial charge is 0.179 e. The van der Waals surface area contributed by atoms with Crippen molar-refractivity contribution in [3.05, 3.63) is 29.8 Å². The number of hydrogen-bond acceptors (Lipinski definition) is 4. The molecular weight excluding hydrogens is 284 g/mol. The summed E-state index contributed by atoms with van der Waals surface area (Å²) in [6, 6.07) is 8.08. The van der Waals surface area contributed by atoms with E-state index in [1.165, 1.54) is 37.8 Å². The van der Waals surface area contributed by atoms with E-state index in [1.54, 1.807) is 12.1 Å². The lowest BCUT2D eigenvalue weighted by Crippen LogP contribution is -2.32. The first-order chi connectivity index (χ1) is 9.95. The van der Waals surface area contributed by atoms with Gasteiger partial charge in [-0.25, -0.2) is 8.42 Å². The van der Waals surface area contributed by atoms with Crippen molar-refractivity contribution in [3.8, 4) is 6.07 Å². The average Bonchev–Trinajstić information content (AvgIpc) is 2.91. The lowest BCUT2D eigenvalue weighted by molar-refractivity contribution is 0.319. The Kier molecular flexibility index (Phi) is 5.02. The Labute approximate surface area is 127 Å². The molecule has 1 aromatic rings. The normalized spacial score (nSPS) is 17.5. The van der Waals surface area contributed by atoms with Crippen molar-refractivity contribution in [2.75, 3.05) is 18.8 Å². The summed E-state index contributed by atoms with van der Waals surface area (Å²) in [5.74, 6) is 0.0922. The molecule has 114 valence electrons. The highest BCUT2D eigenvalue weighted by molar-refractivity contribution is 7.91. The van der Waals surface area contributed by atoms with Crippen molar-refractivity contribution >= 4 is 9.84 Å². The molecule has 0 heterocycles. The number of nitriles is 1. The summed E-state index contributed by atoms with van der Waals surface area (Å²) in [6.07, 6.45) is 5.01. The SMILES string of the molecule is CC1(CNCCS(=O)(=O)c2ccc(C#N)cc2)CCCC1. The first kappa shape index (κ1) is 16.0. The third-order valence-electron chi connectivity index (χ3n) is 4.25. The zero-order chi connectivity index (χ0) is 15.3. The minimum absolute atomic E-state index is 0.0922. The highest BCUT2D eigenvalue weighted by atomic mass is 32.2. The van der Waals surface area contributed by atoms with E-state index >= 15 is 0 Å². The molecular formula is C16H22N2O2S. The minimum Gasteiger partial charge on any atom is -0.315 e. The van der Waals surface area contributed by atoms with E-state index in [0.717, 1.165) is 6.54 Å². The number of sulfone groups is 1. The van der Waals surface area contributed by atoms with Gasteiger partial charge in [-0.05, 0) is 42.5 Å². The van der Waals surface area contributed by atoms with Crippen LogP contribution in [-0.2, 0) is 9.84 Å². The van der Waals surface area contributed by atoms with Gasteiger partial charge in [0.15, 0.2) is 9.84 Å². The van der Waals surface area contributed by atoms with E-state index in [4.69, 9.17) is 5.26 Å². The summed E-state index contributed by atoms with van der Waals surface area (Å²) < 4.78 is 24.4. The first-order valence-electron chi connectivity index (χ1n) is 7.39. The molecule has 1 aliphatic rings. The summed E-state index contributed by atoms with van der Waals surface area (Å²) in [4.78, 5) is 0.287. The van der Waals surface area contributed by atoms with Crippen LogP contribution in [0.1, 0.15) is 38.2 Å². The minimum atomic E-state index is -3.27. The molecule has 1 N–H and O–H groups in total. The second-order valence-corrected chi connectivity index (χ2v) is 8.26. The maximum Gasteiger partial charge on any atom is 0.179 e. The fourth-order valence-electron chi connectivity index (χ4n) is 2.86. The molecule has 1 saturated carbocycles. The highest BCUT2D eigenvalue weighted by Crippen LogP contribution is 2.36. The van der Waals surface area contributed by atoms with Crippen molar-refractivity contribution in [2.24, 2.45) is 5.41 Å². The van der Waals surface area contributed by atoms with Gasteiger partial charge in [0.25, 0.3) is 0 Å². The molecule has 2 rings (SSSR count). The van der Waals surface area contributed by atoms with Crippen LogP contribution in [0.2, 0.25) is 0 Å². The average molecular weight is 306 g/mol. The van der Waals surface area contributed by atoms with Crippen LogP contribution in [0.3, 0.4) is 0 Å². The van der Waals surface area contributed by atoms with Crippen LogP contribution in [0.4, 0.5) is 0 Å². The third kappa shape index (κ3) is 4.29. The molecule has 0 atom stereocenters. The Bertz CT molecular complexity index is 609. The predicted molar refractivity (Wildman–Crippen MR) is 82.7 cm³/mol. The van der Waals surface area contributed by atoms with Crippen LogP contribution in [0.5, 0.6) is 0 Å².